The molecule has 0 radical (unpaired) electrons. The minimum Gasteiger partial charge on any atom is -0.322 e. The van der Waals surface area contributed by atoms with Gasteiger partial charge < -0.3 is 5.32 Å². The smallest absolute Gasteiger partial charge is 0.258 e. The Hall–Kier alpha value is -2.51. The number of anilines is 1. The van der Waals surface area contributed by atoms with Gasteiger partial charge in [0.1, 0.15) is 5.82 Å². The molecule has 1 N–H and O–H groups in total. The fourth-order valence-electron chi connectivity index (χ4n) is 2.70. The molecule has 3 rings (SSSR count). The average Bonchev–Trinajstić information content (AvgIpc) is 2.60. The van der Waals surface area contributed by atoms with Crippen LogP contribution < -0.4 is 10.6 Å². The van der Waals surface area contributed by atoms with E-state index < -0.39 is 11.7 Å². The van der Waals surface area contributed by atoms with Crippen LogP contribution in [0.25, 0.3) is 11.1 Å². The summed E-state index contributed by atoms with van der Waals surface area (Å²) in [5.41, 5.74) is 5.31. The lowest BCUT2D eigenvalue weighted by atomic mass is 9.98. The van der Waals surface area contributed by atoms with Crippen LogP contribution in [0, 0.1) is 19.7 Å². The first kappa shape index (κ1) is 17.3. The zero-order chi connectivity index (χ0) is 18.0. The van der Waals surface area contributed by atoms with Gasteiger partial charge in [-0.25, -0.2) is 4.39 Å². The average molecular weight is 351 g/mol. The predicted molar refractivity (Wildman–Crippen MR) is 105 cm³/mol. The molecule has 1 atom stereocenters. The molecule has 0 heterocycles. The van der Waals surface area contributed by atoms with Gasteiger partial charge in [0.2, 0.25) is 0 Å². The van der Waals surface area contributed by atoms with Crippen LogP contribution in [0.1, 0.15) is 21.5 Å². The molecule has 2 nitrogen and oxygen atoms in total. The highest BCUT2D eigenvalue weighted by atomic mass is 31.0. The minimum atomic E-state index is -0.517. The molecule has 0 aliphatic rings. The van der Waals surface area contributed by atoms with Crippen molar-refractivity contribution < 1.29 is 9.18 Å². The summed E-state index contributed by atoms with van der Waals surface area (Å²) in [7, 11) is 2.29. The number of benzene rings is 3. The molecular weight excluding hydrogens is 332 g/mol. The summed E-state index contributed by atoms with van der Waals surface area (Å²) in [4.78, 5) is 12.3. The van der Waals surface area contributed by atoms with Crippen molar-refractivity contribution in [3.8, 4) is 11.1 Å². The molecule has 0 saturated heterocycles. The van der Waals surface area contributed by atoms with Gasteiger partial charge in [-0.3, -0.25) is 4.79 Å². The minimum absolute atomic E-state index is 0.0334. The topological polar surface area (TPSA) is 29.1 Å². The number of nitrogens with one attached hydrogen (secondary N) is 1. The molecule has 0 spiro atoms. The SMILES string of the molecule is Cc1ccc(C)c(-c2ccc(NC(=O)c3cccc(P)c3F)cc2)c1. The van der Waals surface area contributed by atoms with Gasteiger partial charge in [-0.2, -0.15) is 0 Å². The Labute approximate surface area is 149 Å². The van der Waals surface area contributed by atoms with Crippen molar-refractivity contribution in [1.29, 1.82) is 0 Å². The predicted octanol–water partition coefficient (Wildman–Crippen LogP) is 4.86. The van der Waals surface area contributed by atoms with Gasteiger partial charge in [-0.05, 0) is 48.7 Å². The second kappa shape index (κ2) is 7.16. The van der Waals surface area contributed by atoms with Gasteiger partial charge >= 0.3 is 0 Å². The van der Waals surface area contributed by atoms with E-state index >= 15 is 0 Å². The monoisotopic (exact) mass is 351 g/mol. The Kier molecular flexibility index (Phi) is 4.96. The van der Waals surface area contributed by atoms with Crippen molar-refractivity contribution in [2.75, 3.05) is 5.32 Å². The molecule has 0 aliphatic carbocycles. The number of hydrogen-bond donors (Lipinski definition) is 1. The van der Waals surface area contributed by atoms with Crippen LogP contribution in [-0.4, -0.2) is 5.91 Å². The van der Waals surface area contributed by atoms with Crippen LogP contribution in [0.5, 0.6) is 0 Å². The molecule has 0 fully saturated rings. The van der Waals surface area contributed by atoms with Gasteiger partial charge in [0, 0.05) is 11.0 Å². The van der Waals surface area contributed by atoms with Crippen LogP contribution in [0.4, 0.5) is 10.1 Å². The lowest BCUT2D eigenvalue weighted by Crippen LogP contribution is -2.16. The van der Waals surface area contributed by atoms with Crippen molar-refractivity contribution >= 4 is 26.1 Å². The van der Waals surface area contributed by atoms with Gasteiger partial charge in [-0.1, -0.05) is 48.0 Å². The second-order valence-corrected chi connectivity index (χ2v) is 6.68. The van der Waals surface area contributed by atoms with Crippen LogP contribution in [0.15, 0.2) is 60.7 Å². The Morgan fingerprint density at radius 1 is 1.00 bits per heavy atom. The fourth-order valence-corrected chi connectivity index (χ4v) is 2.97. The first-order valence-corrected chi connectivity index (χ1v) is 8.56. The summed E-state index contributed by atoms with van der Waals surface area (Å²) in [5.74, 6) is -0.974. The molecule has 1 unspecified atom stereocenters. The maximum atomic E-state index is 14.0. The lowest BCUT2D eigenvalue weighted by Gasteiger charge is -2.10. The molecule has 0 saturated carbocycles. The Balaban J connectivity index is 1.82. The normalized spacial score (nSPS) is 10.6. The number of rotatable bonds is 3. The van der Waals surface area contributed by atoms with Gasteiger partial charge in [0.15, 0.2) is 0 Å². The lowest BCUT2D eigenvalue weighted by molar-refractivity contribution is 0.102. The molecule has 4 heteroatoms. The molecule has 0 aromatic heterocycles. The van der Waals surface area contributed by atoms with E-state index in [1.165, 1.54) is 22.8 Å². The Bertz CT molecular complexity index is 935. The van der Waals surface area contributed by atoms with Crippen molar-refractivity contribution in [1.82, 2.24) is 0 Å². The molecule has 1 amide bonds. The van der Waals surface area contributed by atoms with Crippen molar-refractivity contribution in [2.24, 2.45) is 0 Å². The fraction of sp³-hybridized carbons (Fsp3) is 0.0952. The van der Waals surface area contributed by atoms with E-state index in [9.17, 15) is 9.18 Å². The van der Waals surface area contributed by atoms with E-state index in [0.717, 1.165) is 5.56 Å². The standard InChI is InChI=1S/C21H19FNOP/c1-13-6-7-14(2)18(12-13)15-8-10-16(11-9-15)23-21(24)17-4-3-5-19(25)20(17)22/h3-12H,25H2,1-2H3,(H,23,24). The highest BCUT2D eigenvalue weighted by Gasteiger charge is 2.13. The Morgan fingerprint density at radius 2 is 1.72 bits per heavy atom. The van der Waals surface area contributed by atoms with Crippen molar-refractivity contribution in [2.45, 2.75) is 13.8 Å². The van der Waals surface area contributed by atoms with Gasteiger partial charge in [0.05, 0.1) is 5.56 Å². The van der Waals surface area contributed by atoms with E-state index in [1.807, 2.05) is 24.3 Å². The third kappa shape index (κ3) is 3.78. The van der Waals surface area contributed by atoms with Crippen LogP contribution >= 0.6 is 9.24 Å². The molecule has 0 bridgehead atoms. The number of aryl methyl sites for hydroxylation is 2. The molecule has 126 valence electrons. The van der Waals surface area contributed by atoms with E-state index in [2.05, 4.69) is 46.6 Å². The Morgan fingerprint density at radius 3 is 2.44 bits per heavy atom. The maximum absolute atomic E-state index is 14.0. The van der Waals surface area contributed by atoms with Crippen LogP contribution in [0.2, 0.25) is 0 Å². The van der Waals surface area contributed by atoms with E-state index in [4.69, 9.17) is 0 Å². The quantitative estimate of drug-likeness (QED) is 0.671. The summed E-state index contributed by atoms with van der Waals surface area (Å²) in [6.45, 7) is 4.13. The number of amides is 1. The zero-order valence-corrected chi connectivity index (χ0v) is 15.3. The highest BCUT2D eigenvalue weighted by Crippen LogP contribution is 2.26. The summed E-state index contributed by atoms with van der Waals surface area (Å²) >= 11 is 0. The number of carbonyl (C=O) groups excluding carboxylic acids is 1. The molecule has 25 heavy (non-hydrogen) atoms. The summed E-state index contributed by atoms with van der Waals surface area (Å²) < 4.78 is 14.0. The third-order valence-electron chi connectivity index (χ3n) is 4.12. The van der Waals surface area contributed by atoms with Crippen LogP contribution in [0.3, 0.4) is 0 Å². The largest absolute Gasteiger partial charge is 0.322 e. The molecular formula is C21H19FNOP. The number of hydrogen-bond acceptors (Lipinski definition) is 1. The number of halogens is 1. The third-order valence-corrected chi connectivity index (χ3v) is 4.57. The number of carbonyl (C=O) groups is 1. The highest BCUT2D eigenvalue weighted by molar-refractivity contribution is 7.27. The van der Waals surface area contributed by atoms with Crippen molar-refractivity contribution in [3.63, 3.8) is 0 Å². The van der Waals surface area contributed by atoms with Gasteiger partial charge in [-0.15, -0.1) is 9.24 Å². The summed E-state index contributed by atoms with van der Waals surface area (Å²) in [6, 6.07) is 18.6. The van der Waals surface area contributed by atoms with E-state index in [0.29, 0.717) is 11.0 Å². The molecule has 0 aliphatic heterocycles. The zero-order valence-electron chi connectivity index (χ0n) is 14.1. The van der Waals surface area contributed by atoms with Crippen LogP contribution in [-0.2, 0) is 0 Å². The van der Waals surface area contributed by atoms with E-state index in [1.54, 1.807) is 12.1 Å². The molecule has 3 aromatic carbocycles. The van der Waals surface area contributed by atoms with Crippen molar-refractivity contribution in [3.05, 3.63) is 83.2 Å². The second-order valence-electron chi connectivity index (χ2n) is 6.06. The maximum Gasteiger partial charge on any atom is 0.258 e. The van der Waals surface area contributed by atoms with Gasteiger partial charge in [0.25, 0.3) is 5.91 Å². The summed E-state index contributed by atoms with van der Waals surface area (Å²) in [6.07, 6.45) is 0. The van der Waals surface area contributed by atoms with E-state index in [-0.39, 0.29) is 5.56 Å². The molecule has 3 aromatic rings. The first-order chi connectivity index (χ1) is 12.0. The summed E-state index contributed by atoms with van der Waals surface area (Å²) in [5, 5.41) is 3.12. The first-order valence-electron chi connectivity index (χ1n) is 7.99.